The van der Waals surface area contributed by atoms with Crippen molar-refractivity contribution in [1.29, 1.82) is 5.41 Å². The highest BCUT2D eigenvalue weighted by molar-refractivity contribution is 8.00. The summed E-state index contributed by atoms with van der Waals surface area (Å²) in [5, 5.41) is 50.3. The maximum absolute atomic E-state index is 15.7. The minimum atomic E-state index is -1.72. The molecule has 6 aromatic rings. The fourth-order valence-electron chi connectivity index (χ4n) is 16.5. The summed E-state index contributed by atoms with van der Waals surface area (Å²) in [6.07, 6.45) is 2.63. The highest BCUT2D eigenvalue weighted by Crippen LogP contribution is 2.30. The number of primary amides is 2. The molecule has 2 aliphatic rings. The second-order valence-electron chi connectivity index (χ2n) is 33.9. The first-order valence-electron chi connectivity index (χ1n) is 44.3. The van der Waals surface area contributed by atoms with Crippen molar-refractivity contribution in [2.45, 2.75) is 210 Å². The number of nitrogens with two attached hydrogens (primary N) is 3. The van der Waals surface area contributed by atoms with Gasteiger partial charge < -0.3 is 104 Å². The average molecular weight is 1840 g/mol. The van der Waals surface area contributed by atoms with Crippen LogP contribution in [0.15, 0.2) is 104 Å². The number of amides is 13. The first-order valence-corrected chi connectivity index (χ1v) is 45.5. The van der Waals surface area contributed by atoms with E-state index in [1.807, 2.05) is 13.8 Å². The number of para-hydroxylation sites is 2. The van der Waals surface area contributed by atoms with Crippen LogP contribution in [-0.4, -0.2) is 293 Å². The zero-order valence-corrected chi connectivity index (χ0v) is 76.3. The molecule has 2 saturated heterocycles. The summed E-state index contributed by atoms with van der Waals surface area (Å²) in [4.78, 5) is 267. The van der Waals surface area contributed by atoms with Gasteiger partial charge in [-0.05, 0) is 87.6 Å². The molecule has 0 radical (unpaired) electrons. The number of fused-ring (bicyclic) bond motifs is 3. The van der Waals surface area contributed by atoms with Crippen LogP contribution in [0.2, 0.25) is 0 Å². The van der Waals surface area contributed by atoms with E-state index in [1.165, 1.54) is 64.4 Å². The first-order chi connectivity index (χ1) is 62.4. The molecule has 2 fully saturated rings. The number of benzene rings is 3. The molecule has 131 heavy (non-hydrogen) atoms. The second kappa shape index (κ2) is 50.5. The van der Waals surface area contributed by atoms with Crippen LogP contribution in [0.4, 0.5) is 0 Å². The van der Waals surface area contributed by atoms with Gasteiger partial charge in [0.25, 0.3) is 0 Å². The Bertz CT molecular complexity index is 5020. The largest absolute Gasteiger partial charge is 0.396 e. The van der Waals surface area contributed by atoms with E-state index < -0.39 is 248 Å². The fourth-order valence-corrected chi connectivity index (χ4v) is 17.4. The van der Waals surface area contributed by atoms with E-state index in [-0.39, 0.29) is 83.1 Å². The summed E-state index contributed by atoms with van der Waals surface area (Å²) in [6.45, 7) is 3.84. The molecule has 19 N–H and O–H groups in total. The molecule has 0 spiro atoms. The molecule has 3 aromatic heterocycles. The van der Waals surface area contributed by atoms with Gasteiger partial charge >= 0.3 is 0 Å². The van der Waals surface area contributed by atoms with Crippen LogP contribution in [0.25, 0.3) is 21.8 Å². The number of nitrogens with zero attached hydrogens (tertiary/aromatic N) is 6. The number of rotatable bonds is 25. The van der Waals surface area contributed by atoms with Gasteiger partial charge in [0, 0.05) is 150 Å². The number of H-pyrrole nitrogens is 3. The van der Waals surface area contributed by atoms with Gasteiger partial charge in [0.2, 0.25) is 76.8 Å². The van der Waals surface area contributed by atoms with Crippen LogP contribution in [0, 0.1) is 29.1 Å². The molecular weight excluding hydrogens is 1710 g/mol. The molecule has 2 aliphatic heterocycles. The molecule has 40 heteroatoms. The number of aromatic amines is 3. The number of thioether (sulfide) groups is 1. The van der Waals surface area contributed by atoms with Crippen LogP contribution in [0.3, 0.4) is 0 Å². The normalized spacial score (nSPS) is 24.0. The summed E-state index contributed by atoms with van der Waals surface area (Å²) in [5.41, 5.74) is 20.2. The van der Waals surface area contributed by atoms with Gasteiger partial charge in [-0.3, -0.25) is 86.9 Å². The van der Waals surface area contributed by atoms with E-state index in [2.05, 4.69) is 57.2 Å². The van der Waals surface area contributed by atoms with Gasteiger partial charge in [0.1, 0.15) is 42.0 Å². The van der Waals surface area contributed by atoms with Crippen molar-refractivity contribution < 1.29 is 91.7 Å². The zero-order valence-electron chi connectivity index (χ0n) is 75.4. The van der Waals surface area contributed by atoms with Crippen molar-refractivity contribution in [1.82, 2.24) is 81.7 Å². The average Bonchev–Trinajstić information content (AvgIpc) is 1.73. The molecule has 0 aliphatic carbocycles. The molecule has 710 valence electrons. The fraction of sp³-hybridized carbons (Fsp3) is 0.527. The van der Waals surface area contributed by atoms with E-state index in [0.29, 0.717) is 69.9 Å². The quantitative estimate of drug-likeness (QED) is 0.0211. The Hall–Kier alpha value is -12.7. The second-order valence-corrected chi connectivity index (χ2v) is 34.9. The number of unbranched alkanes of at least 4 members (excludes halogenated alkanes) is 2. The minimum Gasteiger partial charge on any atom is -0.396 e. The number of imidazole rings is 1. The third-order valence-corrected chi connectivity index (χ3v) is 25.2. The predicted octanol–water partition coefficient (Wildman–Crippen LogP) is 0.559. The summed E-state index contributed by atoms with van der Waals surface area (Å²) in [5.74, 6) is -21.2. The van der Waals surface area contributed by atoms with Crippen LogP contribution >= 0.6 is 11.8 Å². The highest BCUT2D eigenvalue weighted by atomic mass is 32.2. The number of aliphatic hydroxyl groups excluding tert-OH is 2. The lowest BCUT2D eigenvalue weighted by molar-refractivity contribution is -0.149. The lowest BCUT2D eigenvalue weighted by Gasteiger charge is -2.36. The van der Waals surface area contributed by atoms with Crippen LogP contribution < -0.4 is 54.4 Å². The van der Waals surface area contributed by atoms with Gasteiger partial charge in [-0.25, -0.2) is 4.98 Å². The zero-order chi connectivity index (χ0) is 95.9. The van der Waals surface area contributed by atoms with Crippen LogP contribution in [0.5, 0.6) is 0 Å². The highest BCUT2D eigenvalue weighted by Gasteiger charge is 2.44. The number of carbonyl (C=O) groups excluding carboxylic acids is 17. The van der Waals surface area contributed by atoms with Crippen LogP contribution in [-0.2, 0) is 107 Å². The molecule has 0 bridgehead atoms. The lowest BCUT2D eigenvalue weighted by Crippen LogP contribution is -2.58. The van der Waals surface area contributed by atoms with Crippen molar-refractivity contribution in [2.24, 2.45) is 40.9 Å². The third-order valence-electron chi connectivity index (χ3n) is 24.1. The number of hydrogen-bond donors (Lipinski definition) is 16. The molecule has 8 rings (SSSR count). The number of ketones is 4. The smallest absolute Gasteiger partial charge is 0.246 e. The Morgan fingerprint density at radius 2 is 1.15 bits per heavy atom. The molecule has 1 unspecified atom stereocenters. The standard InChI is InChI=1S/C91H126N20O19S/c1-9-11-29-71-76(116)38-55(24-20-32-97-91(94)95)83(123)106-70(85(125)100-46-79(93)119)49-131-50-81(121)103-67(34-54-22-14-13-15-23-54)87(127)108(6)52(3)82(122)104-69(42-78(92)118)89(129)111-33-21-31-72(111)77(117)39-56(35-60-45-96-51-101-60)74(114)41-63(53(4)113)86(126)107(5)47-80(120)102-66(36-57-43-98-64-27-18-16-25-61(57)64)75(115)40-59(48-112)84(124)105-68(37-58-44-99-65-28-19-17-26-62(58)65)88(128)110(8)73(30-12-10-2)90(130)109(71)7/h13-19,22-23,25-28,43-45,51-53,55-56,59,63,66-73,98-99,112-113H,9-12,20-21,24,29-42,46-50H2,1-8H3,(H2,92,118)(H2,93,119)(H,96,101)(H,100,125)(H,102,120)(H,103,121)(H,104,122)(H,105,124)(H,106,123)(H4,94,95,97)/t52-,53?,55+,56+,59-,63-,66-,67-,68-,69-,70-,71-,72-,73+/m0/s1. The number of hydrogen-bond acceptors (Lipinski definition) is 22. The molecule has 3 aromatic carbocycles. The Balaban J connectivity index is 1.18. The SMILES string of the molecule is CCCC[C@@H]1C(=O)N(C)[C@@H](CCCC)C(=O)C[C@@H](CCCNC(=N)N)C(=O)N[C@H](C(=O)NCC(N)=O)CSCC(=O)N[C@@H](Cc2ccccc2)C(=O)N(C)[C@@H](C)C(=O)N[C@@H](CC(N)=O)C(=O)N2CCC[C@H]2C(=O)C[C@@H](Cc2cnc[nH]2)C(=O)C[C@@H](C(C)O)C(=O)N(C)CC(=O)N[C@@H](Cc2c[nH]c3ccccc23)C(=O)C[C@@H](CO)C(=O)N[C@@H](Cc2c[nH]c3ccccc23)C(=O)N1C. The first kappa shape index (κ1) is 104. The Morgan fingerprint density at radius 1 is 0.573 bits per heavy atom. The van der Waals surface area contributed by atoms with Crippen LogP contribution in [0.1, 0.15) is 146 Å². The number of nitrogens with one attached hydrogen (secondary N) is 11. The number of aromatic nitrogens is 4. The monoisotopic (exact) mass is 1830 g/mol. The van der Waals surface area contributed by atoms with E-state index in [1.54, 1.807) is 91.3 Å². The number of carbonyl (C=O) groups is 17. The van der Waals surface area contributed by atoms with E-state index >= 15 is 24.0 Å². The number of aliphatic hydroxyl groups is 2. The Kier molecular flexibility index (Phi) is 39.9. The van der Waals surface area contributed by atoms with Gasteiger partial charge in [-0.2, -0.15) is 0 Å². The Morgan fingerprint density at radius 3 is 1.75 bits per heavy atom. The molecule has 13 amide bonds. The number of guanidine groups is 1. The van der Waals surface area contributed by atoms with Crippen molar-refractivity contribution in [2.75, 3.05) is 72.5 Å². The summed E-state index contributed by atoms with van der Waals surface area (Å²) < 4.78 is 0. The third kappa shape index (κ3) is 29.9. The van der Waals surface area contributed by atoms with Crippen molar-refractivity contribution in [3.8, 4) is 0 Å². The minimum absolute atomic E-state index is 0.0336. The van der Waals surface area contributed by atoms with Crippen molar-refractivity contribution in [3.63, 3.8) is 0 Å². The Labute approximate surface area is 764 Å². The van der Waals surface area contributed by atoms with E-state index in [9.17, 15) is 67.7 Å². The van der Waals surface area contributed by atoms with Gasteiger partial charge in [0.05, 0.1) is 74.3 Å². The maximum atomic E-state index is 15.7. The lowest BCUT2D eigenvalue weighted by atomic mass is 9.84. The number of likely N-dealkylation sites (N-methyl/N-ethyl adjacent to an activating group) is 4. The van der Waals surface area contributed by atoms with Crippen molar-refractivity contribution in [3.05, 3.63) is 126 Å². The number of Topliss-reactive ketones (excluding diaryl/α,β-unsaturated/α-hetero) is 4. The molecule has 0 saturated carbocycles. The summed E-state index contributed by atoms with van der Waals surface area (Å²) in [6, 6.07) is 9.71. The topological polar surface area (TPSA) is 593 Å². The predicted molar refractivity (Wildman–Crippen MR) is 487 cm³/mol. The van der Waals surface area contributed by atoms with Gasteiger partial charge in [-0.15, -0.1) is 11.8 Å². The van der Waals surface area contributed by atoms with Gasteiger partial charge in [-0.1, -0.05) is 106 Å². The summed E-state index contributed by atoms with van der Waals surface area (Å²) >= 11 is 0.816. The molecule has 39 nitrogen and oxygen atoms in total. The maximum Gasteiger partial charge on any atom is 0.246 e. The molecule has 14 atom stereocenters. The molecule has 5 heterocycles. The van der Waals surface area contributed by atoms with Crippen molar-refractivity contribution >= 4 is 139 Å². The van der Waals surface area contributed by atoms with E-state index in [4.69, 9.17) is 22.6 Å². The van der Waals surface area contributed by atoms with E-state index in [0.717, 1.165) is 26.5 Å². The molecular formula is C91H126N20O19S. The van der Waals surface area contributed by atoms with Gasteiger partial charge in [0.15, 0.2) is 23.3 Å². The summed E-state index contributed by atoms with van der Waals surface area (Å²) in [7, 11) is 5.27.